The molecule has 0 spiro atoms. The smallest absolute Gasteiger partial charge is 0.457 e. The van der Waals surface area contributed by atoms with E-state index < -0.39 is 90.1 Å². The number of Topliss-reactive ketones (excluding diaryl/α,β-unsaturated/α-hetero) is 2. The minimum atomic E-state index is -1.45. The van der Waals surface area contributed by atoms with E-state index in [4.69, 9.17) is 28.4 Å². The van der Waals surface area contributed by atoms with Gasteiger partial charge in [0.2, 0.25) is 0 Å². The third-order valence-corrected chi connectivity index (χ3v) is 9.78. The molecule has 0 radical (unpaired) electrons. The van der Waals surface area contributed by atoms with Crippen LogP contribution < -0.4 is 0 Å². The summed E-state index contributed by atoms with van der Waals surface area (Å²) in [6.07, 6.45) is -6.09. The Morgan fingerprint density at radius 2 is 1.70 bits per heavy atom. The van der Waals surface area contributed by atoms with E-state index in [1.165, 1.54) is 11.8 Å². The lowest BCUT2D eigenvalue weighted by Crippen LogP contribution is -2.56. The summed E-state index contributed by atoms with van der Waals surface area (Å²) in [6.45, 7) is 11.1. The summed E-state index contributed by atoms with van der Waals surface area (Å²) in [4.78, 5) is 66.9. The van der Waals surface area contributed by atoms with E-state index in [0.29, 0.717) is 6.42 Å². The lowest BCUT2D eigenvalue weighted by Gasteiger charge is -2.45. The zero-order valence-corrected chi connectivity index (χ0v) is 26.2. The van der Waals surface area contributed by atoms with Crippen LogP contribution in [0.15, 0.2) is 0 Å². The fourth-order valence-electron chi connectivity index (χ4n) is 7.00. The van der Waals surface area contributed by atoms with E-state index >= 15 is 0 Å². The molecule has 13 heteroatoms. The molecule has 0 aromatic carbocycles. The first-order valence-corrected chi connectivity index (χ1v) is 15.1. The zero-order valence-electron chi connectivity index (χ0n) is 26.2. The van der Waals surface area contributed by atoms with Crippen molar-refractivity contribution in [3.63, 3.8) is 0 Å². The molecule has 242 valence electrons. The van der Waals surface area contributed by atoms with Crippen LogP contribution in [-0.4, -0.2) is 102 Å². The predicted molar refractivity (Wildman–Crippen MR) is 148 cm³/mol. The Bertz CT molecular complexity index is 1130. The highest BCUT2D eigenvalue weighted by Crippen LogP contribution is 2.43. The van der Waals surface area contributed by atoms with E-state index in [0.717, 1.165) is 0 Å². The molecule has 4 fully saturated rings. The molecule has 4 rings (SSSR count). The van der Waals surface area contributed by atoms with Gasteiger partial charge in [0.1, 0.15) is 17.8 Å². The van der Waals surface area contributed by atoms with Gasteiger partial charge in [-0.25, -0.2) is 9.59 Å². The number of aliphatic hydroxyl groups excluding tert-OH is 1. The maximum absolute atomic E-state index is 13.9. The van der Waals surface area contributed by atoms with Crippen molar-refractivity contribution in [3.8, 4) is 0 Å². The number of carbonyl (C=O) groups is 5. The molecule has 4 saturated heterocycles. The van der Waals surface area contributed by atoms with Gasteiger partial charge < -0.3 is 38.4 Å². The number of carbonyl (C=O) groups excluding carboxylic acids is 5. The number of ether oxygens (including phenoxy) is 6. The summed E-state index contributed by atoms with van der Waals surface area (Å²) in [6, 6.07) is -0.322. The first-order chi connectivity index (χ1) is 20.1. The molecule has 4 heterocycles. The molecule has 0 bridgehead atoms. The fraction of sp³-hybridized carbons (Fsp3) is 0.833. The second-order valence-electron chi connectivity index (χ2n) is 13.1. The van der Waals surface area contributed by atoms with Crippen LogP contribution in [0.2, 0.25) is 0 Å². The van der Waals surface area contributed by atoms with Crippen LogP contribution in [0.1, 0.15) is 74.1 Å². The Labute approximate surface area is 251 Å². The van der Waals surface area contributed by atoms with E-state index in [1.807, 2.05) is 6.92 Å². The van der Waals surface area contributed by atoms with Crippen LogP contribution in [0.5, 0.6) is 0 Å². The summed E-state index contributed by atoms with van der Waals surface area (Å²) >= 11 is 0. The van der Waals surface area contributed by atoms with Gasteiger partial charge >= 0.3 is 18.2 Å². The SMILES string of the molecule is CC[C@H]1OC(=O)[C@H](C)C(=O)[C@H](C)[C@@H](O[C@@H]2O[C@H](C)C[C@H]3[C@H]2OC(=O)N3C)[C@](C)(CO)C[C@@H](C)C(=O)C[C@H]2OC(=O)O[C@@]21C. The van der Waals surface area contributed by atoms with E-state index in [2.05, 4.69) is 0 Å². The first-order valence-electron chi connectivity index (χ1n) is 15.1. The van der Waals surface area contributed by atoms with E-state index in [1.54, 1.807) is 41.7 Å². The molecule has 0 aromatic rings. The maximum Gasteiger partial charge on any atom is 0.509 e. The highest BCUT2D eigenvalue weighted by atomic mass is 16.8. The second kappa shape index (κ2) is 12.3. The van der Waals surface area contributed by atoms with Crippen molar-refractivity contribution in [2.75, 3.05) is 13.7 Å². The molecule has 12 atom stereocenters. The van der Waals surface area contributed by atoms with Crippen molar-refractivity contribution in [1.29, 1.82) is 0 Å². The van der Waals surface area contributed by atoms with Gasteiger partial charge in [-0.3, -0.25) is 14.4 Å². The number of hydrogen-bond donors (Lipinski definition) is 1. The van der Waals surface area contributed by atoms with Gasteiger partial charge in [-0.1, -0.05) is 27.7 Å². The molecule has 1 amide bonds. The van der Waals surface area contributed by atoms with Gasteiger partial charge in [-0.2, -0.15) is 0 Å². The summed E-state index contributed by atoms with van der Waals surface area (Å²) < 4.78 is 34.8. The number of aliphatic hydroxyl groups is 1. The number of esters is 1. The number of cyclic esters (lactones) is 1. The first kappa shape index (κ1) is 33.1. The number of nitrogens with zero attached hydrogens (tertiary/aromatic N) is 1. The second-order valence-corrected chi connectivity index (χ2v) is 13.1. The zero-order chi connectivity index (χ0) is 32.0. The normalized spacial score (nSPS) is 44.5. The van der Waals surface area contributed by atoms with Crippen molar-refractivity contribution in [2.45, 2.75) is 123 Å². The Morgan fingerprint density at radius 3 is 2.33 bits per heavy atom. The molecular formula is C30H45NO12. The molecular weight excluding hydrogens is 566 g/mol. The van der Waals surface area contributed by atoms with Crippen LogP contribution in [0.4, 0.5) is 9.59 Å². The number of amides is 1. The van der Waals surface area contributed by atoms with Gasteiger partial charge in [-0.05, 0) is 40.0 Å². The third-order valence-electron chi connectivity index (χ3n) is 9.78. The van der Waals surface area contributed by atoms with Crippen molar-refractivity contribution < 1.29 is 57.5 Å². The molecule has 1 N–H and O–H groups in total. The highest BCUT2D eigenvalue weighted by molar-refractivity contribution is 6.00. The number of fused-ring (bicyclic) bond motifs is 2. The summed E-state index contributed by atoms with van der Waals surface area (Å²) in [5, 5.41) is 10.8. The van der Waals surface area contributed by atoms with Crippen LogP contribution in [0, 0.1) is 23.2 Å². The van der Waals surface area contributed by atoms with Crippen LogP contribution in [-0.2, 0) is 42.8 Å². The molecule has 0 aromatic heterocycles. The van der Waals surface area contributed by atoms with E-state index in [9.17, 15) is 29.1 Å². The maximum atomic E-state index is 13.9. The van der Waals surface area contributed by atoms with E-state index in [-0.39, 0.29) is 37.2 Å². The standard InChI is InChI=1S/C30H45NO12/c1-9-20-30(7)21(40-28(37)43-30)11-19(33)14(2)12-29(6,13-32)24(16(4)22(34)17(5)25(35)39-20)42-26-23-18(10-15(3)38-26)31(8)27(36)41-23/h14-18,20-21,23-24,26,32H,9-13H2,1-8H3/t14-,15-,16+,17-,18+,20-,21-,23-,24-,26+,29+,30-/m1/s1. The third kappa shape index (κ3) is 6.12. The lowest BCUT2D eigenvalue weighted by molar-refractivity contribution is -0.276. The Morgan fingerprint density at radius 1 is 1.02 bits per heavy atom. The van der Waals surface area contributed by atoms with Gasteiger partial charge in [0.05, 0.1) is 24.9 Å². The van der Waals surface area contributed by atoms with Gasteiger partial charge in [0.15, 0.2) is 29.9 Å². The van der Waals surface area contributed by atoms with Gasteiger partial charge in [-0.15, -0.1) is 0 Å². The number of rotatable bonds is 4. The average Bonchev–Trinajstić information content (AvgIpc) is 3.41. The predicted octanol–water partition coefficient (Wildman–Crippen LogP) is 2.78. The molecule has 0 unspecified atom stereocenters. The Kier molecular flexibility index (Phi) is 9.49. The number of ketones is 2. The quantitative estimate of drug-likeness (QED) is 0.281. The minimum absolute atomic E-state index is 0.0922. The molecule has 4 aliphatic heterocycles. The number of likely N-dealkylation sites (N-methyl/N-ethyl adjacent to an activating group) is 1. The lowest BCUT2D eigenvalue weighted by atomic mass is 9.70. The highest BCUT2D eigenvalue weighted by Gasteiger charge is 2.57. The van der Waals surface area contributed by atoms with Crippen molar-refractivity contribution in [2.24, 2.45) is 23.2 Å². The molecule has 13 nitrogen and oxygen atoms in total. The van der Waals surface area contributed by atoms with Crippen LogP contribution in [0.25, 0.3) is 0 Å². The Balaban J connectivity index is 1.72. The largest absolute Gasteiger partial charge is 0.509 e. The minimum Gasteiger partial charge on any atom is -0.457 e. The van der Waals surface area contributed by atoms with Gasteiger partial charge in [0.25, 0.3) is 0 Å². The van der Waals surface area contributed by atoms with Crippen molar-refractivity contribution in [3.05, 3.63) is 0 Å². The molecule has 4 aliphatic rings. The summed E-state index contributed by atoms with van der Waals surface area (Å²) in [7, 11) is 1.63. The van der Waals surface area contributed by atoms with Gasteiger partial charge in [0, 0.05) is 30.7 Å². The monoisotopic (exact) mass is 611 g/mol. The Hall–Kier alpha value is -2.77. The summed E-state index contributed by atoms with van der Waals surface area (Å²) in [5.74, 6) is -4.49. The summed E-state index contributed by atoms with van der Waals surface area (Å²) in [5.41, 5.74) is -2.64. The average molecular weight is 612 g/mol. The van der Waals surface area contributed by atoms with Crippen molar-refractivity contribution in [1.82, 2.24) is 4.90 Å². The number of hydrogen-bond acceptors (Lipinski definition) is 12. The fourth-order valence-corrected chi connectivity index (χ4v) is 7.00. The van der Waals surface area contributed by atoms with Crippen LogP contribution in [0.3, 0.4) is 0 Å². The molecule has 0 saturated carbocycles. The molecule has 0 aliphatic carbocycles. The molecule has 43 heavy (non-hydrogen) atoms. The van der Waals surface area contributed by atoms with Crippen LogP contribution >= 0.6 is 0 Å². The van der Waals surface area contributed by atoms with Crippen molar-refractivity contribution >= 4 is 29.8 Å². The topological polar surface area (TPSA) is 164 Å².